The average Bonchev–Trinajstić information content (AvgIpc) is 2.93. The van der Waals surface area contributed by atoms with Crippen LogP contribution >= 0.6 is 0 Å². The van der Waals surface area contributed by atoms with Crippen LogP contribution in [-0.4, -0.2) is 15.8 Å². The maximum absolute atomic E-state index is 6.37. The Labute approximate surface area is 97.0 Å². The first-order chi connectivity index (χ1) is 7.72. The second kappa shape index (κ2) is 3.88. The molecule has 2 N–H and O–H groups in total. The average molecular weight is 219 g/mol. The minimum Gasteiger partial charge on any atom is -0.327 e. The molecule has 0 aliphatic heterocycles. The molecule has 4 unspecified atom stereocenters. The molecule has 0 aromatic carbocycles. The van der Waals surface area contributed by atoms with Gasteiger partial charge in [0, 0.05) is 19.3 Å². The zero-order valence-corrected chi connectivity index (χ0v) is 9.97. The lowest BCUT2D eigenvalue weighted by molar-refractivity contribution is 0.280. The molecule has 2 saturated carbocycles. The molecule has 3 nitrogen and oxygen atoms in total. The summed E-state index contributed by atoms with van der Waals surface area (Å²) in [5, 5.41) is 4.21. The minimum absolute atomic E-state index is 0.347. The zero-order valence-electron chi connectivity index (χ0n) is 9.97. The Morgan fingerprint density at radius 3 is 2.94 bits per heavy atom. The molecule has 16 heavy (non-hydrogen) atoms. The second-order valence-electron chi connectivity index (χ2n) is 5.73. The summed E-state index contributed by atoms with van der Waals surface area (Å²) in [5.74, 6) is 2.70. The Morgan fingerprint density at radius 1 is 1.50 bits per heavy atom. The van der Waals surface area contributed by atoms with Crippen molar-refractivity contribution < 1.29 is 0 Å². The number of rotatable bonds is 3. The highest BCUT2D eigenvalue weighted by atomic mass is 15.2. The molecular weight excluding hydrogens is 198 g/mol. The van der Waals surface area contributed by atoms with Gasteiger partial charge in [0.25, 0.3) is 0 Å². The Hall–Kier alpha value is -0.830. The summed E-state index contributed by atoms with van der Waals surface area (Å²) >= 11 is 0. The molecule has 3 rings (SSSR count). The lowest BCUT2D eigenvalue weighted by Gasteiger charge is -2.27. The third-order valence-corrected chi connectivity index (χ3v) is 4.57. The van der Waals surface area contributed by atoms with Gasteiger partial charge in [-0.2, -0.15) is 5.10 Å². The van der Waals surface area contributed by atoms with E-state index in [1.54, 1.807) is 0 Å². The molecule has 2 aliphatic rings. The molecule has 4 atom stereocenters. The molecule has 2 aliphatic carbocycles. The van der Waals surface area contributed by atoms with E-state index >= 15 is 0 Å². The minimum atomic E-state index is 0.347. The van der Waals surface area contributed by atoms with Crippen molar-refractivity contribution in [1.29, 1.82) is 0 Å². The van der Waals surface area contributed by atoms with E-state index in [2.05, 4.69) is 11.3 Å². The number of aryl methyl sites for hydroxylation is 1. The summed E-state index contributed by atoms with van der Waals surface area (Å²) in [6.45, 7) is 0. The van der Waals surface area contributed by atoms with Gasteiger partial charge in [-0.05, 0) is 49.0 Å². The summed E-state index contributed by atoms with van der Waals surface area (Å²) in [7, 11) is 1.96. The number of nitrogens with two attached hydrogens (primary N) is 1. The Kier molecular flexibility index (Phi) is 2.51. The first kappa shape index (κ1) is 10.3. The van der Waals surface area contributed by atoms with Gasteiger partial charge < -0.3 is 5.73 Å². The molecule has 3 heteroatoms. The van der Waals surface area contributed by atoms with Crippen LogP contribution in [0, 0.1) is 17.8 Å². The SMILES string of the molecule is Cn1cc(CC(N)C2CC3CCC2C3)cn1. The molecule has 2 fully saturated rings. The Morgan fingerprint density at radius 2 is 2.38 bits per heavy atom. The third-order valence-electron chi connectivity index (χ3n) is 4.57. The molecule has 1 aromatic heterocycles. The van der Waals surface area contributed by atoms with Crippen LogP contribution in [0.2, 0.25) is 0 Å². The third kappa shape index (κ3) is 1.77. The molecule has 0 saturated heterocycles. The molecule has 0 amide bonds. The van der Waals surface area contributed by atoms with Crippen molar-refractivity contribution in [3.05, 3.63) is 18.0 Å². The van der Waals surface area contributed by atoms with Crippen molar-refractivity contribution in [2.24, 2.45) is 30.5 Å². The van der Waals surface area contributed by atoms with Crippen LogP contribution in [0.3, 0.4) is 0 Å². The quantitative estimate of drug-likeness (QED) is 0.841. The largest absolute Gasteiger partial charge is 0.327 e. The van der Waals surface area contributed by atoms with Crippen molar-refractivity contribution in [1.82, 2.24) is 9.78 Å². The highest BCUT2D eigenvalue weighted by Gasteiger charge is 2.41. The fraction of sp³-hybridized carbons (Fsp3) is 0.769. The van der Waals surface area contributed by atoms with Crippen molar-refractivity contribution in [2.45, 2.75) is 38.1 Å². The van der Waals surface area contributed by atoms with Gasteiger partial charge in [-0.1, -0.05) is 6.42 Å². The van der Waals surface area contributed by atoms with Crippen LogP contribution < -0.4 is 5.73 Å². The van der Waals surface area contributed by atoms with Gasteiger partial charge in [-0.25, -0.2) is 0 Å². The van der Waals surface area contributed by atoms with Crippen LogP contribution in [0.4, 0.5) is 0 Å². The fourth-order valence-corrected chi connectivity index (χ4v) is 3.82. The first-order valence-corrected chi connectivity index (χ1v) is 6.45. The van der Waals surface area contributed by atoms with Gasteiger partial charge >= 0.3 is 0 Å². The van der Waals surface area contributed by atoms with Crippen molar-refractivity contribution in [3.8, 4) is 0 Å². The standard InChI is InChI=1S/C13H21N3/c1-16-8-10(7-15-16)6-13(14)12-5-9-2-3-11(12)4-9/h7-9,11-13H,2-6,14H2,1H3. The molecule has 88 valence electrons. The van der Waals surface area contributed by atoms with Crippen molar-refractivity contribution in [3.63, 3.8) is 0 Å². The molecule has 2 bridgehead atoms. The van der Waals surface area contributed by atoms with Gasteiger partial charge in [-0.3, -0.25) is 4.68 Å². The van der Waals surface area contributed by atoms with Crippen molar-refractivity contribution >= 4 is 0 Å². The number of nitrogens with zero attached hydrogens (tertiary/aromatic N) is 2. The van der Waals surface area contributed by atoms with Crippen LogP contribution in [0.5, 0.6) is 0 Å². The first-order valence-electron chi connectivity index (χ1n) is 6.45. The van der Waals surface area contributed by atoms with Gasteiger partial charge in [0.05, 0.1) is 6.20 Å². The summed E-state index contributed by atoms with van der Waals surface area (Å²) in [6, 6.07) is 0.347. The number of hydrogen-bond donors (Lipinski definition) is 1. The molecule has 0 radical (unpaired) electrons. The lowest BCUT2D eigenvalue weighted by atomic mass is 9.82. The zero-order chi connectivity index (χ0) is 11.1. The van der Waals surface area contributed by atoms with Gasteiger partial charge in [0.2, 0.25) is 0 Å². The van der Waals surface area contributed by atoms with Gasteiger partial charge in [-0.15, -0.1) is 0 Å². The molecule has 0 spiro atoms. The fourth-order valence-electron chi connectivity index (χ4n) is 3.82. The van der Waals surface area contributed by atoms with E-state index in [4.69, 9.17) is 5.73 Å². The Balaban J connectivity index is 1.63. The van der Waals surface area contributed by atoms with Crippen LogP contribution in [0.1, 0.15) is 31.2 Å². The van der Waals surface area contributed by atoms with Crippen LogP contribution in [0.15, 0.2) is 12.4 Å². The normalized spacial score (nSPS) is 34.5. The van der Waals surface area contributed by atoms with E-state index in [9.17, 15) is 0 Å². The summed E-state index contributed by atoms with van der Waals surface area (Å²) < 4.78 is 1.86. The predicted octanol–water partition coefficient (Wildman–Crippen LogP) is 1.73. The number of aromatic nitrogens is 2. The second-order valence-corrected chi connectivity index (χ2v) is 5.73. The molecule has 1 heterocycles. The van der Waals surface area contributed by atoms with E-state index in [-0.39, 0.29) is 0 Å². The van der Waals surface area contributed by atoms with Crippen molar-refractivity contribution in [2.75, 3.05) is 0 Å². The summed E-state index contributed by atoms with van der Waals surface area (Å²) in [6.07, 6.45) is 10.8. The maximum Gasteiger partial charge on any atom is 0.0522 e. The van der Waals surface area contributed by atoms with E-state index in [1.165, 1.54) is 31.2 Å². The summed E-state index contributed by atoms with van der Waals surface area (Å²) in [4.78, 5) is 0. The highest BCUT2D eigenvalue weighted by Crippen LogP contribution is 2.49. The monoisotopic (exact) mass is 219 g/mol. The highest BCUT2D eigenvalue weighted by molar-refractivity contribution is 5.08. The molecular formula is C13H21N3. The number of hydrogen-bond acceptors (Lipinski definition) is 2. The van der Waals surface area contributed by atoms with Gasteiger partial charge in [0.15, 0.2) is 0 Å². The summed E-state index contributed by atoms with van der Waals surface area (Å²) in [5.41, 5.74) is 7.66. The Bertz CT molecular complexity index is 371. The predicted molar refractivity (Wildman–Crippen MR) is 63.8 cm³/mol. The van der Waals surface area contributed by atoms with Crippen LogP contribution in [0.25, 0.3) is 0 Å². The van der Waals surface area contributed by atoms with E-state index < -0.39 is 0 Å². The van der Waals surface area contributed by atoms with Crippen LogP contribution in [-0.2, 0) is 13.5 Å². The van der Waals surface area contributed by atoms with E-state index in [1.807, 2.05) is 17.9 Å². The maximum atomic E-state index is 6.37. The van der Waals surface area contributed by atoms with E-state index in [0.29, 0.717) is 6.04 Å². The van der Waals surface area contributed by atoms with Gasteiger partial charge in [0.1, 0.15) is 0 Å². The smallest absolute Gasteiger partial charge is 0.0522 e. The van der Waals surface area contributed by atoms with E-state index in [0.717, 1.165) is 24.2 Å². The topological polar surface area (TPSA) is 43.8 Å². The lowest BCUT2D eigenvalue weighted by Crippen LogP contribution is -2.35. The number of fused-ring (bicyclic) bond motifs is 2. The molecule has 1 aromatic rings.